The number of rotatable bonds is 4. The zero-order chi connectivity index (χ0) is 14.0. The Kier molecular flexibility index (Phi) is 3.55. The third-order valence-electron chi connectivity index (χ3n) is 3.00. The molecule has 5 heteroatoms. The van der Waals surface area contributed by atoms with E-state index in [1.54, 1.807) is 13.3 Å². The molecular weight excluding hydrogens is 244 g/mol. The van der Waals surface area contributed by atoms with Crippen LogP contribution < -0.4 is 15.9 Å². The monoisotopic (exact) mass is 260 g/mol. The van der Waals surface area contributed by atoms with Crippen molar-refractivity contribution in [2.45, 2.75) is 19.9 Å². The molecule has 0 spiro atoms. The first-order valence-electron chi connectivity index (χ1n) is 5.99. The van der Waals surface area contributed by atoms with Gasteiger partial charge in [0.2, 0.25) is 5.91 Å². The third kappa shape index (κ3) is 2.59. The maximum absolute atomic E-state index is 11.9. The molecule has 2 N–H and O–H groups in total. The van der Waals surface area contributed by atoms with Crippen molar-refractivity contribution in [3.05, 3.63) is 40.2 Å². The average molecular weight is 260 g/mol. The highest BCUT2D eigenvalue weighted by atomic mass is 16.5. The standard InChI is InChI=1S/C14H16N2O3/c1-9-7-10-11(17)3-5-16(6-4-13(15)18)14(10)12(8-9)19-2/h3,5,7-8H,4,6H2,1-2H3,(H2,15,18). The molecule has 0 aliphatic heterocycles. The van der Waals surface area contributed by atoms with Crippen molar-refractivity contribution in [2.75, 3.05) is 7.11 Å². The summed E-state index contributed by atoms with van der Waals surface area (Å²) in [7, 11) is 1.56. The zero-order valence-corrected chi connectivity index (χ0v) is 11.0. The number of pyridine rings is 1. The predicted molar refractivity (Wildman–Crippen MR) is 73.3 cm³/mol. The average Bonchev–Trinajstić information content (AvgIpc) is 2.37. The number of primary amides is 1. The zero-order valence-electron chi connectivity index (χ0n) is 11.0. The van der Waals surface area contributed by atoms with Crippen LogP contribution in [0.3, 0.4) is 0 Å². The van der Waals surface area contributed by atoms with Gasteiger partial charge in [0.1, 0.15) is 5.75 Å². The van der Waals surface area contributed by atoms with Gasteiger partial charge in [0.25, 0.3) is 0 Å². The van der Waals surface area contributed by atoms with Crippen molar-refractivity contribution < 1.29 is 9.53 Å². The second kappa shape index (κ2) is 5.14. The molecule has 0 saturated heterocycles. The summed E-state index contributed by atoms with van der Waals surface area (Å²) in [5.74, 6) is 0.245. The van der Waals surface area contributed by atoms with E-state index in [2.05, 4.69) is 0 Å². The summed E-state index contributed by atoms with van der Waals surface area (Å²) in [6.07, 6.45) is 1.88. The molecule has 0 fully saturated rings. The van der Waals surface area contributed by atoms with Gasteiger partial charge in [-0.2, -0.15) is 0 Å². The Bertz CT molecular complexity index is 689. The molecule has 0 unspecified atom stereocenters. The summed E-state index contributed by atoms with van der Waals surface area (Å²) < 4.78 is 7.15. The number of carbonyl (C=O) groups excluding carboxylic acids is 1. The molecule has 0 aliphatic rings. The Morgan fingerprint density at radius 3 is 2.79 bits per heavy atom. The van der Waals surface area contributed by atoms with E-state index in [-0.39, 0.29) is 17.8 Å². The van der Waals surface area contributed by atoms with Gasteiger partial charge in [0.05, 0.1) is 12.6 Å². The fraction of sp³-hybridized carbons (Fsp3) is 0.286. The SMILES string of the molecule is COc1cc(C)cc2c(=O)ccn(CCC(N)=O)c12. The summed E-state index contributed by atoms with van der Waals surface area (Å²) in [5, 5.41) is 0.587. The Labute approximate surface area is 110 Å². The maximum Gasteiger partial charge on any atom is 0.219 e. The van der Waals surface area contributed by atoms with Crippen molar-refractivity contribution >= 4 is 16.8 Å². The van der Waals surface area contributed by atoms with Gasteiger partial charge in [-0.25, -0.2) is 0 Å². The minimum absolute atomic E-state index is 0.0627. The molecule has 2 rings (SSSR count). The van der Waals surface area contributed by atoms with Crippen molar-refractivity contribution in [3.8, 4) is 5.75 Å². The number of carbonyl (C=O) groups is 1. The van der Waals surface area contributed by atoms with Crippen LogP contribution in [0.4, 0.5) is 0 Å². The van der Waals surface area contributed by atoms with Gasteiger partial charge < -0.3 is 15.0 Å². The van der Waals surface area contributed by atoms with Crippen LogP contribution in [0.25, 0.3) is 10.9 Å². The molecule has 0 saturated carbocycles. The van der Waals surface area contributed by atoms with Crippen molar-refractivity contribution in [1.29, 1.82) is 0 Å². The minimum atomic E-state index is -0.377. The number of methoxy groups -OCH3 is 1. The first kappa shape index (κ1) is 13.1. The number of amides is 1. The Balaban J connectivity index is 2.68. The lowest BCUT2D eigenvalue weighted by Gasteiger charge is -2.13. The van der Waals surface area contributed by atoms with Gasteiger partial charge in [0.15, 0.2) is 5.43 Å². The van der Waals surface area contributed by atoms with Crippen LogP contribution in [0.2, 0.25) is 0 Å². The Hall–Kier alpha value is -2.30. The number of ether oxygens (including phenoxy) is 1. The molecule has 0 radical (unpaired) electrons. The van der Waals surface area contributed by atoms with E-state index >= 15 is 0 Å². The predicted octanol–water partition coefficient (Wildman–Crippen LogP) is 1.19. The van der Waals surface area contributed by atoms with E-state index in [1.165, 1.54) is 6.07 Å². The number of aromatic nitrogens is 1. The number of nitrogens with zero attached hydrogens (tertiary/aromatic N) is 1. The summed E-state index contributed by atoms with van der Waals surface area (Å²) >= 11 is 0. The fourth-order valence-electron chi connectivity index (χ4n) is 2.12. The first-order valence-corrected chi connectivity index (χ1v) is 5.99. The van der Waals surface area contributed by atoms with E-state index in [0.717, 1.165) is 5.56 Å². The molecule has 1 aromatic heterocycles. The van der Waals surface area contributed by atoms with Crippen LogP contribution in [-0.4, -0.2) is 17.6 Å². The van der Waals surface area contributed by atoms with Crippen LogP contribution in [-0.2, 0) is 11.3 Å². The van der Waals surface area contributed by atoms with Crippen LogP contribution in [0, 0.1) is 6.92 Å². The molecule has 0 aliphatic carbocycles. The molecule has 0 bridgehead atoms. The summed E-state index contributed by atoms with van der Waals surface area (Å²) in [6, 6.07) is 5.17. The van der Waals surface area contributed by atoms with Gasteiger partial charge in [-0.15, -0.1) is 0 Å². The molecule has 1 heterocycles. The molecule has 2 aromatic rings. The van der Waals surface area contributed by atoms with Gasteiger partial charge in [0, 0.05) is 30.6 Å². The van der Waals surface area contributed by atoms with Crippen molar-refractivity contribution in [1.82, 2.24) is 4.57 Å². The van der Waals surface area contributed by atoms with Gasteiger partial charge in [-0.05, 0) is 24.6 Å². The lowest BCUT2D eigenvalue weighted by molar-refractivity contribution is -0.118. The summed E-state index contributed by atoms with van der Waals surface area (Å²) in [6.45, 7) is 2.33. The Morgan fingerprint density at radius 2 is 2.16 bits per heavy atom. The number of hydrogen-bond donors (Lipinski definition) is 1. The molecule has 19 heavy (non-hydrogen) atoms. The second-order valence-corrected chi connectivity index (χ2v) is 4.45. The highest BCUT2D eigenvalue weighted by Crippen LogP contribution is 2.25. The molecule has 100 valence electrons. The lowest BCUT2D eigenvalue weighted by atomic mass is 10.1. The van der Waals surface area contributed by atoms with Crippen molar-refractivity contribution in [2.24, 2.45) is 5.73 Å². The summed E-state index contributed by atoms with van der Waals surface area (Å²) in [4.78, 5) is 22.8. The van der Waals surface area contributed by atoms with Gasteiger partial charge in [-0.1, -0.05) is 0 Å². The molecule has 0 atom stereocenters. The second-order valence-electron chi connectivity index (χ2n) is 4.45. The highest BCUT2D eigenvalue weighted by molar-refractivity contribution is 5.86. The quantitative estimate of drug-likeness (QED) is 0.897. The van der Waals surface area contributed by atoms with Gasteiger partial charge in [-0.3, -0.25) is 9.59 Å². The topological polar surface area (TPSA) is 74.3 Å². The Morgan fingerprint density at radius 1 is 1.42 bits per heavy atom. The molecule has 5 nitrogen and oxygen atoms in total. The number of hydrogen-bond acceptors (Lipinski definition) is 3. The lowest BCUT2D eigenvalue weighted by Crippen LogP contribution is -2.16. The first-order chi connectivity index (χ1) is 9.02. The fourth-order valence-corrected chi connectivity index (χ4v) is 2.12. The number of aryl methyl sites for hydroxylation is 2. The van der Waals surface area contributed by atoms with Crippen LogP contribution in [0.1, 0.15) is 12.0 Å². The van der Waals surface area contributed by atoms with E-state index in [9.17, 15) is 9.59 Å². The van der Waals surface area contributed by atoms with Gasteiger partial charge >= 0.3 is 0 Å². The number of fused-ring (bicyclic) bond motifs is 1. The van der Waals surface area contributed by atoms with E-state index < -0.39 is 0 Å². The van der Waals surface area contributed by atoms with Crippen LogP contribution in [0.15, 0.2) is 29.2 Å². The number of nitrogens with two attached hydrogens (primary N) is 1. The largest absolute Gasteiger partial charge is 0.495 e. The molecular formula is C14H16N2O3. The maximum atomic E-state index is 11.9. The molecule has 1 amide bonds. The van der Waals surface area contributed by atoms with E-state index in [4.69, 9.17) is 10.5 Å². The molecule has 1 aromatic carbocycles. The smallest absolute Gasteiger partial charge is 0.219 e. The minimum Gasteiger partial charge on any atom is -0.495 e. The third-order valence-corrected chi connectivity index (χ3v) is 3.00. The van der Waals surface area contributed by atoms with Crippen LogP contribution in [0.5, 0.6) is 5.75 Å². The van der Waals surface area contributed by atoms with Crippen molar-refractivity contribution in [3.63, 3.8) is 0 Å². The number of benzene rings is 1. The van der Waals surface area contributed by atoms with E-state index in [1.807, 2.05) is 23.6 Å². The summed E-state index contributed by atoms with van der Waals surface area (Å²) in [5.41, 5.74) is 6.75. The highest BCUT2D eigenvalue weighted by Gasteiger charge is 2.10. The van der Waals surface area contributed by atoms with E-state index in [0.29, 0.717) is 23.2 Å². The normalized spacial score (nSPS) is 10.6. The van der Waals surface area contributed by atoms with Crippen LogP contribution >= 0.6 is 0 Å².